The van der Waals surface area contributed by atoms with E-state index < -0.39 is 0 Å². The first-order chi connectivity index (χ1) is 7.59. The van der Waals surface area contributed by atoms with E-state index in [0.29, 0.717) is 0 Å². The zero-order chi connectivity index (χ0) is 11.7. The van der Waals surface area contributed by atoms with Crippen LogP contribution in [0.1, 0.15) is 11.1 Å². The highest BCUT2D eigenvalue weighted by Crippen LogP contribution is 2.31. The number of aryl methyl sites for hydroxylation is 2. The molecule has 2 aromatic rings. The van der Waals surface area contributed by atoms with Crippen LogP contribution < -0.4 is 5.73 Å². The number of nitrogens with two attached hydrogens (primary N) is 1. The highest BCUT2D eigenvalue weighted by Gasteiger charge is 2.07. The number of anilines is 1. The molecule has 2 heteroatoms. The van der Waals surface area contributed by atoms with Gasteiger partial charge in [-0.2, -0.15) is 0 Å². The second-order valence-electron chi connectivity index (χ2n) is 4.00. The number of hydrogen-bond donors (Lipinski definition) is 1. The number of rotatable bonds is 1. The van der Waals surface area contributed by atoms with Gasteiger partial charge in [-0.05, 0) is 48.7 Å². The predicted molar refractivity (Wildman–Crippen MR) is 70.8 cm³/mol. The second kappa shape index (κ2) is 4.18. The molecule has 0 aliphatic rings. The van der Waals surface area contributed by atoms with E-state index in [4.69, 9.17) is 17.3 Å². The molecule has 0 heterocycles. The zero-order valence-corrected chi connectivity index (χ0v) is 10.2. The molecule has 16 heavy (non-hydrogen) atoms. The molecule has 0 aliphatic carbocycles. The van der Waals surface area contributed by atoms with Gasteiger partial charge in [-0.25, -0.2) is 0 Å². The van der Waals surface area contributed by atoms with Crippen molar-refractivity contribution in [3.63, 3.8) is 0 Å². The van der Waals surface area contributed by atoms with Gasteiger partial charge in [0.05, 0.1) is 0 Å². The van der Waals surface area contributed by atoms with E-state index in [1.807, 2.05) is 44.2 Å². The Labute approximate surface area is 101 Å². The minimum absolute atomic E-state index is 0.798. The topological polar surface area (TPSA) is 26.0 Å². The summed E-state index contributed by atoms with van der Waals surface area (Å²) in [6.07, 6.45) is 0. The van der Waals surface area contributed by atoms with E-state index in [9.17, 15) is 0 Å². The smallest absolute Gasteiger partial charge is 0.0438 e. The lowest BCUT2D eigenvalue weighted by atomic mass is 9.97. The number of para-hydroxylation sites is 1. The van der Waals surface area contributed by atoms with Crippen LogP contribution in [0.15, 0.2) is 36.4 Å². The van der Waals surface area contributed by atoms with Crippen molar-refractivity contribution in [3.8, 4) is 11.1 Å². The molecule has 1 nitrogen and oxygen atoms in total. The Kier molecular flexibility index (Phi) is 2.88. The van der Waals surface area contributed by atoms with E-state index in [-0.39, 0.29) is 0 Å². The summed E-state index contributed by atoms with van der Waals surface area (Å²) >= 11 is 6.08. The highest BCUT2D eigenvalue weighted by molar-refractivity contribution is 6.31. The van der Waals surface area contributed by atoms with Crippen LogP contribution in [-0.2, 0) is 0 Å². The second-order valence-corrected chi connectivity index (χ2v) is 4.41. The lowest BCUT2D eigenvalue weighted by Gasteiger charge is -2.11. The van der Waals surface area contributed by atoms with Crippen molar-refractivity contribution >= 4 is 17.3 Å². The van der Waals surface area contributed by atoms with Gasteiger partial charge in [0, 0.05) is 16.3 Å². The van der Waals surface area contributed by atoms with Gasteiger partial charge in [0.1, 0.15) is 0 Å². The summed E-state index contributed by atoms with van der Waals surface area (Å²) < 4.78 is 0. The van der Waals surface area contributed by atoms with Crippen molar-refractivity contribution in [1.29, 1.82) is 0 Å². The summed E-state index contributed by atoms with van der Waals surface area (Å²) in [6.45, 7) is 4.05. The molecule has 0 aliphatic heterocycles. The van der Waals surface area contributed by atoms with Gasteiger partial charge in [0.15, 0.2) is 0 Å². The van der Waals surface area contributed by atoms with Gasteiger partial charge in [-0.15, -0.1) is 0 Å². The summed E-state index contributed by atoms with van der Waals surface area (Å²) in [4.78, 5) is 0. The molecule has 0 unspecified atom stereocenters. The first-order valence-electron chi connectivity index (χ1n) is 5.21. The van der Waals surface area contributed by atoms with Gasteiger partial charge >= 0.3 is 0 Å². The molecule has 82 valence electrons. The third kappa shape index (κ3) is 1.91. The van der Waals surface area contributed by atoms with E-state index in [0.717, 1.165) is 33.0 Å². The third-order valence-corrected chi connectivity index (χ3v) is 3.16. The summed E-state index contributed by atoms with van der Waals surface area (Å²) in [5.74, 6) is 0. The molecule has 0 aromatic heterocycles. The van der Waals surface area contributed by atoms with E-state index in [2.05, 4.69) is 6.07 Å². The lowest BCUT2D eigenvalue weighted by molar-refractivity contribution is 1.39. The normalized spacial score (nSPS) is 10.4. The molecule has 2 aromatic carbocycles. The largest absolute Gasteiger partial charge is 0.398 e. The average Bonchev–Trinajstić information content (AvgIpc) is 2.25. The Bertz CT molecular complexity index is 532. The molecule has 0 fully saturated rings. The maximum Gasteiger partial charge on any atom is 0.0438 e. The van der Waals surface area contributed by atoms with Gasteiger partial charge < -0.3 is 5.73 Å². The summed E-state index contributed by atoms with van der Waals surface area (Å²) in [5.41, 5.74) is 11.2. The van der Waals surface area contributed by atoms with Crippen LogP contribution in [0.4, 0.5) is 5.69 Å². The van der Waals surface area contributed by atoms with Crippen LogP contribution in [0.2, 0.25) is 5.02 Å². The summed E-state index contributed by atoms with van der Waals surface area (Å²) in [5, 5.41) is 0.802. The Hall–Kier alpha value is -1.47. The minimum Gasteiger partial charge on any atom is -0.398 e. The Morgan fingerprint density at radius 2 is 1.62 bits per heavy atom. The van der Waals surface area contributed by atoms with E-state index >= 15 is 0 Å². The Balaban J connectivity index is 2.65. The highest BCUT2D eigenvalue weighted by atomic mass is 35.5. The van der Waals surface area contributed by atoms with Crippen LogP contribution in [0, 0.1) is 13.8 Å². The third-order valence-electron chi connectivity index (χ3n) is 2.76. The van der Waals surface area contributed by atoms with Crippen molar-refractivity contribution < 1.29 is 0 Å². The van der Waals surface area contributed by atoms with E-state index in [1.165, 1.54) is 0 Å². The fraction of sp³-hybridized carbons (Fsp3) is 0.143. The summed E-state index contributed by atoms with van der Waals surface area (Å²) in [6, 6.07) is 12.0. The van der Waals surface area contributed by atoms with Crippen LogP contribution >= 0.6 is 11.6 Å². The molecule has 0 saturated heterocycles. The number of nitrogen functional groups attached to an aromatic ring is 1. The maximum absolute atomic E-state index is 6.08. The Morgan fingerprint density at radius 3 is 2.31 bits per heavy atom. The number of benzene rings is 2. The van der Waals surface area contributed by atoms with Crippen molar-refractivity contribution in [2.75, 3.05) is 5.73 Å². The van der Waals surface area contributed by atoms with Gasteiger partial charge in [-0.1, -0.05) is 29.8 Å². The van der Waals surface area contributed by atoms with Crippen molar-refractivity contribution in [3.05, 3.63) is 52.5 Å². The van der Waals surface area contributed by atoms with E-state index in [1.54, 1.807) is 0 Å². The standard InChI is InChI=1S/C14H14ClN/c1-9-8-13(15)10(2)7-12(9)11-5-3-4-6-14(11)16/h3-8H,16H2,1-2H3. The first kappa shape index (κ1) is 11.0. The molecule has 0 bridgehead atoms. The minimum atomic E-state index is 0.798. The number of hydrogen-bond acceptors (Lipinski definition) is 1. The van der Waals surface area contributed by atoms with Crippen LogP contribution in [0.25, 0.3) is 11.1 Å². The maximum atomic E-state index is 6.08. The van der Waals surface area contributed by atoms with Gasteiger partial charge in [0.2, 0.25) is 0 Å². The average molecular weight is 232 g/mol. The molecular weight excluding hydrogens is 218 g/mol. The predicted octanol–water partition coefficient (Wildman–Crippen LogP) is 4.21. The fourth-order valence-electron chi connectivity index (χ4n) is 1.81. The first-order valence-corrected chi connectivity index (χ1v) is 5.59. The monoisotopic (exact) mass is 231 g/mol. The fourth-order valence-corrected chi connectivity index (χ4v) is 2.03. The SMILES string of the molecule is Cc1cc(-c2ccccc2N)c(C)cc1Cl. The molecule has 0 atom stereocenters. The molecule has 2 rings (SSSR count). The molecule has 0 saturated carbocycles. The number of halogens is 1. The molecule has 0 spiro atoms. The molecule has 2 N–H and O–H groups in total. The van der Waals surface area contributed by atoms with Crippen molar-refractivity contribution in [1.82, 2.24) is 0 Å². The van der Waals surface area contributed by atoms with Crippen molar-refractivity contribution in [2.24, 2.45) is 0 Å². The quantitative estimate of drug-likeness (QED) is 0.732. The molecular formula is C14H14ClN. The molecule has 0 radical (unpaired) electrons. The Morgan fingerprint density at radius 1 is 0.938 bits per heavy atom. The lowest BCUT2D eigenvalue weighted by Crippen LogP contribution is -1.92. The summed E-state index contributed by atoms with van der Waals surface area (Å²) in [7, 11) is 0. The molecule has 0 amide bonds. The van der Waals surface area contributed by atoms with Crippen LogP contribution in [0.3, 0.4) is 0 Å². The zero-order valence-electron chi connectivity index (χ0n) is 9.42. The van der Waals surface area contributed by atoms with Crippen LogP contribution in [0.5, 0.6) is 0 Å². The van der Waals surface area contributed by atoms with Gasteiger partial charge in [-0.3, -0.25) is 0 Å². The van der Waals surface area contributed by atoms with Crippen molar-refractivity contribution in [2.45, 2.75) is 13.8 Å². The van der Waals surface area contributed by atoms with Gasteiger partial charge in [0.25, 0.3) is 0 Å². The van der Waals surface area contributed by atoms with Crippen LogP contribution in [-0.4, -0.2) is 0 Å².